The van der Waals surface area contributed by atoms with E-state index < -0.39 is 16.6 Å². The second kappa shape index (κ2) is 5.74. The van der Waals surface area contributed by atoms with Crippen molar-refractivity contribution in [3.05, 3.63) is 46.8 Å². The first-order valence-corrected chi connectivity index (χ1v) is 7.62. The Hall–Kier alpha value is -1.70. The molecular formula is C13H17N3O3S. The molecule has 0 aliphatic carbocycles. The van der Waals surface area contributed by atoms with E-state index in [2.05, 4.69) is 14.9 Å². The number of aliphatic hydroxyl groups excluding tert-OH is 1. The summed E-state index contributed by atoms with van der Waals surface area (Å²) >= 11 is 0. The summed E-state index contributed by atoms with van der Waals surface area (Å²) in [6.45, 7) is 3.34. The average molecular weight is 295 g/mol. The van der Waals surface area contributed by atoms with Gasteiger partial charge in [0.2, 0.25) is 10.0 Å². The fourth-order valence-corrected chi connectivity index (χ4v) is 3.26. The second-order valence-electron chi connectivity index (χ2n) is 4.59. The van der Waals surface area contributed by atoms with Crippen molar-refractivity contribution in [3.63, 3.8) is 0 Å². The number of hydrogen-bond donors (Lipinski definition) is 3. The van der Waals surface area contributed by atoms with E-state index in [9.17, 15) is 8.42 Å². The molecule has 1 aromatic carbocycles. The van der Waals surface area contributed by atoms with Gasteiger partial charge in [-0.1, -0.05) is 29.8 Å². The molecular weight excluding hydrogens is 278 g/mol. The molecule has 0 unspecified atom stereocenters. The van der Waals surface area contributed by atoms with Crippen molar-refractivity contribution in [2.24, 2.45) is 0 Å². The Balaban J connectivity index is 2.19. The van der Waals surface area contributed by atoms with Gasteiger partial charge in [-0.2, -0.15) is 5.10 Å². The van der Waals surface area contributed by atoms with Crippen LogP contribution < -0.4 is 4.72 Å². The van der Waals surface area contributed by atoms with Crippen LogP contribution in [-0.4, -0.2) is 23.7 Å². The minimum Gasteiger partial charge on any atom is -0.390 e. The summed E-state index contributed by atoms with van der Waals surface area (Å²) in [7, 11) is -3.70. The average Bonchev–Trinajstić information content (AvgIpc) is 2.80. The van der Waals surface area contributed by atoms with Gasteiger partial charge in [0.25, 0.3) is 0 Å². The molecule has 0 saturated heterocycles. The molecule has 2 rings (SSSR count). The molecule has 0 atom stereocenters. The number of hydrogen-bond acceptors (Lipinski definition) is 4. The number of aryl methyl sites for hydroxylation is 2. The van der Waals surface area contributed by atoms with Gasteiger partial charge in [-0.05, 0) is 19.4 Å². The highest BCUT2D eigenvalue weighted by Gasteiger charge is 2.23. The van der Waals surface area contributed by atoms with Crippen LogP contribution in [0.25, 0.3) is 0 Å². The number of aromatic amines is 1. The van der Waals surface area contributed by atoms with Crippen LogP contribution in [0.1, 0.15) is 22.5 Å². The summed E-state index contributed by atoms with van der Waals surface area (Å²) in [4.78, 5) is 0.0205. The highest BCUT2D eigenvalue weighted by Crippen LogP contribution is 2.17. The molecule has 0 aliphatic rings. The van der Waals surface area contributed by atoms with E-state index in [4.69, 9.17) is 5.11 Å². The summed E-state index contributed by atoms with van der Waals surface area (Å²) in [5.74, 6) is 0. The van der Waals surface area contributed by atoms with E-state index in [0.29, 0.717) is 5.69 Å². The quantitative estimate of drug-likeness (QED) is 0.767. The number of benzene rings is 1. The summed E-state index contributed by atoms with van der Waals surface area (Å²) < 4.78 is 27.0. The molecule has 0 saturated carbocycles. The highest BCUT2D eigenvalue weighted by atomic mass is 32.2. The number of nitrogens with zero attached hydrogens (tertiary/aromatic N) is 1. The number of nitrogens with one attached hydrogen (secondary N) is 2. The number of H-pyrrole nitrogens is 1. The maximum absolute atomic E-state index is 12.3. The summed E-state index contributed by atoms with van der Waals surface area (Å²) in [5.41, 5.74) is 2.51. The van der Waals surface area contributed by atoms with Gasteiger partial charge >= 0.3 is 0 Å². The van der Waals surface area contributed by atoms with Gasteiger partial charge in [-0.3, -0.25) is 5.10 Å². The fraction of sp³-hybridized carbons (Fsp3) is 0.308. The van der Waals surface area contributed by atoms with Gasteiger partial charge in [0.1, 0.15) is 10.6 Å². The van der Waals surface area contributed by atoms with Crippen LogP contribution in [0.4, 0.5) is 0 Å². The van der Waals surface area contributed by atoms with Gasteiger partial charge in [-0.15, -0.1) is 0 Å². The molecule has 1 aromatic heterocycles. The van der Waals surface area contributed by atoms with Crippen molar-refractivity contribution in [1.29, 1.82) is 0 Å². The monoisotopic (exact) mass is 295 g/mol. The second-order valence-corrected chi connectivity index (χ2v) is 6.30. The Kier molecular flexibility index (Phi) is 4.22. The SMILES string of the molecule is Cc1ccc(CNS(=O)(=O)c2c(CO)n[nH]c2C)cc1. The molecule has 2 aromatic rings. The third-order valence-corrected chi connectivity index (χ3v) is 4.57. The third-order valence-electron chi connectivity index (χ3n) is 2.97. The first-order valence-electron chi connectivity index (χ1n) is 6.14. The largest absolute Gasteiger partial charge is 0.390 e. The number of aliphatic hydroxyl groups is 1. The highest BCUT2D eigenvalue weighted by molar-refractivity contribution is 7.89. The van der Waals surface area contributed by atoms with Crippen LogP contribution in [0.5, 0.6) is 0 Å². The van der Waals surface area contributed by atoms with E-state index in [1.165, 1.54) is 0 Å². The molecule has 108 valence electrons. The van der Waals surface area contributed by atoms with Gasteiger partial charge in [-0.25, -0.2) is 13.1 Å². The van der Waals surface area contributed by atoms with Crippen molar-refractivity contribution in [2.45, 2.75) is 31.9 Å². The molecule has 0 bridgehead atoms. The van der Waals surface area contributed by atoms with E-state index >= 15 is 0 Å². The lowest BCUT2D eigenvalue weighted by Gasteiger charge is -2.07. The Morgan fingerprint density at radius 2 is 1.90 bits per heavy atom. The van der Waals surface area contributed by atoms with Crippen molar-refractivity contribution in [1.82, 2.24) is 14.9 Å². The molecule has 0 radical (unpaired) electrons. The maximum Gasteiger partial charge on any atom is 0.244 e. The standard InChI is InChI=1S/C13H17N3O3S/c1-9-3-5-11(6-4-9)7-14-20(18,19)13-10(2)15-16-12(13)8-17/h3-6,14,17H,7-8H2,1-2H3,(H,15,16). The predicted molar refractivity (Wildman–Crippen MR) is 74.5 cm³/mol. The molecule has 0 fully saturated rings. The molecule has 0 aliphatic heterocycles. The molecule has 7 heteroatoms. The van der Waals surface area contributed by atoms with Crippen LogP contribution in [0.2, 0.25) is 0 Å². The number of rotatable bonds is 5. The minimum absolute atomic E-state index is 0.0205. The van der Waals surface area contributed by atoms with Crippen LogP contribution in [0, 0.1) is 13.8 Å². The lowest BCUT2D eigenvalue weighted by molar-refractivity contribution is 0.273. The van der Waals surface area contributed by atoms with E-state index in [-0.39, 0.29) is 17.1 Å². The van der Waals surface area contributed by atoms with Crippen LogP contribution in [0.3, 0.4) is 0 Å². The van der Waals surface area contributed by atoms with Crippen molar-refractivity contribution in [3.8, 4) is 0 Å². The number of sulfonamides is 1. The van der Waals surface area contributed by atoms with Crippen LogP contribution in [-0.2, 0) is 23.2 Å². The van der Waals surface area contributed by atoms with Crippen molar-refractivity contribution < 1.29 is 13.5 Å². The lowest BCUT2D eigenvalue weighted by Crippen LogP contribution is -2.24. The van der Waals surface area contributed by atoms with E-state index in [1.54, 1.807) is 6.92 Å². The normalized spacial score (nSPS) is 11.8. The third kappa shape index (κ3) is 3.06. The fourth-order valence-electron chi connectivity index (χ4n) is 1.89. The Morgan fingerprint density at radius 1 is 1.25 bits per heavy atom. The Bertz CT molecular complexity index is 690. The minimum atomic E-state index is -3.70. The zero-order valence-electron chi connectivity index (χ0n) is 11.3. The maximum atomic E-state index is 12.3. The zero-order chi connectivity index (χ0) is 14.8. The summed E-state index contributed by atoms with van der Waals surface area (Å²) in [6.07, 6.45) is 0. The number of aromatic nitrogens is 2. The first kappa shape index (κ1) is 14.7. The van der Waals surface area contributed by atoms with Crippen LogP contribution >= 0.6 is 0 Å². The molecule has 20 heavy (non-hydrogen) atoms. The summed E-state index contributed by atoms with van der Waals surface area (Å²) in [5, 5.41) is 15.5. The van der Waals surface area contributed by atoms with E-state index in [1.807, 2.05) is 31.2 Å². The molecule has 6 nitrogen and oxygen atoms in total. The predicted octanol–water partition coefficient (Wildman–Crippen LogP) is 0.997. The van der Waals surface area contributed by atoms with Crippen molar-refractivity contribution in [2.75, 3.05) is 0 Å². The Labute approximate surface area is 117 Å². The zero-order valence-corrected chi connectivity index (χ0v) is 12.2. The van der Waals surface area contributed by atoms with Gasteiger partial charge in [0, 0.05) is 6.54 Å². The summed E-state index contributed by atoms with van der Waals surface area (Å²) in [6, 6.07) is 7.58. The molecule has 0 spiro atoms. The van der Waals surface area contributed by atoms with Gasteiger partial charge in [0.05, 0.1) is 12.3 Å². The smallest absolute Gasteiger partial charge is 0.244 e. The van der Waals surface area contributed by atoms with E-state index in [0.717, 1.165) is 11.1 Å². The Morgan fingerprint density at radius 3 is 2.50 bits per heavy atom. The lowest BCUT2D eigenvalue weighted by atomic mass is 10.2. The van der Waals surface area contributed by atoms with Gasteiger partial charge < -0.3 is 5.11 Å². The van der Waals surface area contributed by atoms with Crippen LogP contribution in [0.15, 0.2) is 29.2 Å². The van der Waals surface area contributed by atoms with Crippen molar-refractivity contribution >= 4 is 10.0 Å². The molecule has 3 N–H and O–H groups in total. The molecule has 1 heterocycles. The topological polar surface area (TPSA) is 95.1 Å². The first-order chi connectivity index (χ1) is 9.44. The molecule has 0 amide bonds. The van der Waals surface area contributed by atoms with Gasteiger partial charge in [0.15, 0.2) is 0 Å².